The maximum atomic E-state index is 5.99. The van der Waals surface area contributed by atoms with E-state index in [2.05, 4.69) is 15.3 Å². The summed E-state index contributed by atoms with van der Waals surface area (Å²) < 4.78 is 1.06. The van der Waals surface area contributed by atoms with Gasteiger partial charge < -0.3 is 5.32 Å². The SMILES string of the molecule is Clc1ccc(CNc2ncnc3ccsc23)cc1Cl. The number of rotatable bonds is 3. The minimum absolute atomic E-state index is 0.560. The number of nitrogens with one attached hydrogen (secondary N) is 1. The third-order valence-electron chi connectivity index (χ3n) is 2.69. The highest BCUT2D eigenvalue weighted by molar-refractivity contribution is 7.17. The zero-order chi connectivity index (χ0) is 13.2. The Morgan fingerprint density at radius 2 is 2.00 bits per heavy atom. The van der Waals surface area contributed by atoms with Crippen LogP contribution in [-0.4, -0.2) is 9.97 Å². The van der Waals surface area contributed by atoms with Crippen molar-refractivity contribution in [3.05, 3.63) is 51.6 Å². The second kappa shape index (κ2) is 5.33. The number of fused-ring (bicyclic) bond motifs is 1. The monoisotopic (exact) mass is 309 g/mol. The molecule has 0 fully saturated rings. The van der Waals surface area contributed by atoms with Crippen molar-refractivity contribution in [1.29, 1.82) is 0 Å². The van der Waals surface area contributed by atoms with Crippen LogP contribution in [0.2, 0.25) is 10.0 Å². The van der Waals surface area contributed by atoms with Crippen LogP contribution >= 0.6 is 34.5 Å². The molecule has 0 spiro atoms. The Hall–Kier alpha value is -1.36. The average molecular weight is 310 g/mol. The van der Waals surface area contributed by atoms with Crippen LogP contribution in [0.15, 0.2) is 36.0 Å². The average Bonchev–Trinajstić information content (AvgIpc) is 2.89. The van der Waals surface area contributed by atoms with Crippen molar-refractivity contribution < 1.29 is 0 Å². The van der Waals surface area contributed by atoms with Gasteiger partial charge in [0.15, 0.2) is 0 Å². The van der Waals surface area contributed by atoms with E-state index in [0.29, 0.717) is 16.6 Å². The summed E-state index contributed by atoms with van der Waals surface area (Å²) in [6.07, 6.45) is 1.56. The number of thiophene rings is 1. The predicted octanol–water partition coefficient (Wildman–Crippen LogP) is 4.61. The van der Waals surface area contributed by atoms with Crippen LogP contribution in [0, 0.1) is 0 Å². The molecule has 0 aliphatic rings. The van der Waals surface area contributed by atoms with E-state index in [1.54, 1.807) is 23.7 Å². The molecule has 0 aliphatic carbocycles. The Kier molecular flexibility index (Phi) is 3.55. The zero-order valence-corrected chi connectivity index (χ0v) is 12.1. The first-order valence-corrected chi connectivity index (χ1v) is 7.23. The van der Waals surface area contributed by atoms with Gasteiger partial charge in [0.1, 0.15) is 12.1 Å². The third kappa shape index (κ3) is 2.66. The molecule has 0 aliphatic heterocycles. The molecule has 1 N–H and O–H groups in total. The smallest absolute Gasteiger partial charge is 0.147 e. The molecule has 0 atom stereocenters. The Balaban J connectivity index is 1.82. The molecule has 3 aromatic rings. The summed E-state index contributed by atoms with van der Waals surface area (Å²) >= 11 is 13.5. The summed E-state index contributed by atoms with van der Waals surface area (Å²) in [5, 5.41) is 6.42. The van der Waals surface area contributed by atoms with E-state index in [9.17, 15) is 0 Å². The van der Waals surface area contributed by atoms with E-state index in [0.717, 1.165) is 21.6 Å². The quantitative estimate of drug-likeness (QED) is 0.767. The van der Waals surface area contributed by atoms with Crippen molar-refractivity contribution in [2.24, 2.45) is 0 Å². The van der Waals surface area contributed by atoms with Crippen LogP contribution in [0.3, 0.4) is 0 Å². The molecule has 1 aromatic carbocycles. The second-order valence-corrected chi connectivity index (χ2v) is 5.69. The van der Waals surface area contributed by atoms with Crippen molar-refractivity contribution >= 4 is 50.6 Å². The van der Waals surface area contributed by atoms with Gasteiger partial charge >= 0.3 is 0 Å². The summed E-state index contributed by atoms with van der Waals surface area (Å²) in [6.45, 7) is 0.640. The van der Waals surface area contributed by atoms with E-state index >= 15 is 0 Å². The number of hydrogen-bond acceptors (Lipinski definition) is 4. The highest BCUT2D eigenvalue weighted by Crippen LogP contribution is 2.26. The van der Waals surface area contributed by atoms with Crippen LogP contribution in [-0.2, 0) is 6.54 Å². The molecule has 0 saturated heterocycles. The molecule has 0 saturated carbocycles. The molecule has 3 rings (SSSR count). The number of nitrogens with zero attached hydrogens (tertiary/aromatic N) is 2. The molecule has 2 aromatic heterocycles. The van der Waals surface area contributed by atoms with Gasteiger partial charge in [0.2, 0.25) is 0 Å². The number of benzene rings is 1. The Morgan fingerprint density at radius 3 is 2.84 bits per heavy atom. The number of halogens is 2. The molecular weight excluding hydrogens is 301 g/mol. The molecule has 0 amide bonds. The summed E-state index contributed by atoms with van der Waals surface area (Å²) in [5.41, 5.74) is 2.01. The minimum atomic E-state index is 0.560. The molecule has 2 heterocycles. The standard InChI is InChI=1S/C13H9Cl2N3S/c14-9-2-1-8(5-10(9)15)6-16-13-12-11(3-4-19-12)17-7-18-13/h1-5,7H,6H2,(H,16,17,18). The van der Waals surface area contributed by atoms with Crippen molar-refractivity contribution in [3.8, 4) is 0 Å². The van der Waals surface area contributed by atoms with E-state index in [1.165, 1.54) is 0 Å². The van der Waals surface area contributed by atoms with Crippen molar-refractivity contribution in [1.82, 2.24) is 9.97 Å². The first-order valence-electron chi connectivity index (χ1n) is 5.60. The fraction of sp³-hybridized carbons (Fsp3) is 0.0769. The van der Waals surface area contributed by atoms with Gasteiger partial charge in [-0.2, -0.15) is 0 Å². The minimum Gasteiger partial charge on any atom is -0.365 e. The van der Waals surface area contributed by atoms with Crippen LogP contribution in [0.25, 0.3) is 10.2 Å². The summed E-state index contributed by atoms with van der Waals surface area (Å²) in [5.74, 6) is 0.839. The van der Waals surface area contributed by atoms with Crippen LogP contribution < -0.4 is 5.32 Å². The fourth-order valence-corrected chi connectivity index (χ4v) is 2.88. The summed E-state index contributed by atoms with van der Waals surface area (Å²) in [4.78, 5) is 8.47. The van der Waals surface area contributed by atoms with Crippen molar-refractivity contribution in [2.45, 2.75) is 6.54 Å². The lowest BCUT2D eigenvalue weighted by molar-refractivity contribution is 1.11. The van der Waals surface area contributed by atoms with Crippen LogP contribution in [0.5, 0.6) is 0 Å². The first-order chi connectivity index (χ1) is 9.24. The fourth-order valence-electron chi connectivity index (χ4n) is 1.75. The molecule has 6 heteroatoms. The third-order valence-corrected chi connectivity index (χ3v) is 4.34. The first kappa shape index (κ1) is 12.7. The molecule has 96 valence electrons. The van der Waals surface area contributed by atoms with Gasteiger partial charge in [0, 0.05) is 6.54 Å². The number of anilines is 1. The van der Waals surface area contributed by atoms with Gasteiger partial charge in [-0.1, -0.05) is 29.3 Å². The van der Waals surface area contributed by atoms with E-state index in [4.69, 9.17) is 23.2 Å². The second-order valence-electron chi connectivity index (χ2n) is 3.96. The number of aromatic nitrogens is 2. The maximum absolute atomic E-state index is 5.99. The lowest BCUT2D eigenvalue weighted by atomic mass is 10.2. The van der Waals surface area contributed by atoms with E-state index < -0.39 is 0 Å². The Morgan fingerprint density at radius 1 is 1.11 bits per heavy atom. The van der Waals surface area contributed by atoms with Crippen LogP contribution in [0.1, 0.15) is 5.56 Å². The van der Waals surface area contributed by atoms with Gasteiger partial charge in [-0.3, -0.25) is 0 Å². The van der Waals surface area contributed by atoms with Crippen molar-refractivity contribution in [3.63, 3.8) is 0 Å². The topological polar surface area (TPSA) is 37.8 Å². The van der Waals surface area contributed by atoms with Gasteiger partial charge in [0.25, 0.3) is 0 Å². The van der Waals surface area contributed by atoms with Gasteiger partial charge in [-0.25, -0.2) is 9.97 Å². The van der Waals surface area contributed by atoms with Gasteiger partial charge in [-0.05, 0) is 29.1 Å². The molecule has 19 heavy (non-hydrogen) atoms. The highest BCUT2D eigenvalue weighted by atomic mass is 35.5. The van der Waals surface area contributed by atoms with Gasteiger partial charge in [0.05, 0.1) is 20.3 Å². The highest BCUT2D eigenvalue weighted by Gasteiger charge is 2.05. The van der Waals surface area contributed by atoms with E-state index in [1.807, 2.05) is 23.6 Å². The lowest BCUT2D eigenvalue weighted by Crippen LogP contribution is -2.01. The Bertz CT molecular complexity index is 727. The molecule has 0 radical (unpaired) electrons. The van der Waals surface area contributed by atoms with Crippen LogP contribution in [0.4, 0.5) is 5.82 Å². The summed E-state index contributed by atoms with van der Waals surface area (Å²) in [6, 6.07) is 7.56. The summed E-state index contributed by atoms with van der Waals surface area (Å²) in [7, 11) is 0. The zero-order valence-electron chi connectivity index (χ0n) is 9.73. The van der Waals surface area contributed by atoms with E-state index in [-0.39, 0.29) is 0 Å². The largest absolute Gasteiger partial charge is 0.365 e. The predicted molar refractivity (Wildman–Crippen MR) is 81.2 cm³/mol. The normalized spacial score (nSPS) is 10.8. The molecule has 0 unspecified atom stereocenters. The number of hydrogen-bond donors (Lipinski definition) is 1. The van der Waals surface area contributed by atoms with Crippen molar-refractivity contribution in [2.75, 3.05) is 5.32 Å². The lowest BCUT2D eigenvalue weighted by Gasteiger charge is -2.07. The molecule has 0 bridgehead atoms. The molecular formula is C13H9Cl2N3S. The Labute approximate surface area is 124 Å². The maximum Gasteiger partial charge on any atom is 0.147 e. The van der Waals surface area contributed by atoms with Gasteiger partial charge in [-0.15, -0.1) is 11.3 Å². The molecule has 3 nitrogen and oxygen atoms in total.